The molecular weight excluding hydrogens is 248 g/mol. The van der Waals surface area contributed by atoms with Gasteiger partial charge in [-0.25, -0.2) is 0 Å². The zero-order valence-corrected chi connectivity index (χ0v) is 13.8. The van der Waals surface area contributed by atoms with Gasteiger partial charge < -0.3 is 9.84 Å². The Morgan fingerprint density at radius 2 is 1.50 bits per heavy atom. The number of hydrogen-bond acceptors (Lipinski definition) is 2. The lowest BCUT2D eigenvalue weighted by molar-refractivity contribution is -0.101. The zero-order chi connectivity index (χ0) is 14.7. The molecule has 120 valence electrons. The van der Waals surface area contributed by atoms with Gasteiger partial charge in [0.15, 0.2) is 0 Å². The Morgan fingerprint density at radius 3 is 2.05 bits per heavy atom. The van der Waals surface area contributed by atoms with Crippen molar-refractivity contribution in [1.29, 1.82) is 0 Å². The van der Waals surface area contributed by atoms with E-state index in [9.17, 15) is 5.11 Å². The van der Waals surface area contributed by atoms with Gasteiger partial charge in [0.1, 0.15) is 0 Å². The van der Waals surface area contributed by atoms with Crippen molar-refractivity contribution in [2.24, 2.45) is 0 Å². The molecule has 1 rings (SSSR count). The molecule has 0 aliphatic carbocycles. The van der Waals surface area contributed by atoms with Crippen molar-refractivity contribution in [3.8, 4) is 0 Å². The maximum Gasteiger partial charge on any atom is 0.0694 e. The predicted octanol–water partition coefficient (Wildman–Crippen LogP) is 5.23. The molecular formula is C18H36O2. The van der Waals surface area contributed by atoms with Crippen LogP contribution in [-0.2, 0) is 4.74 Å². The van der Waals surface area contributed by atoms with Gasteiger partial charge in [-0.3, -0.25) is 0 Å². The Balaban J connectivity index is 1.89. The maximum atomic E-state index is 10.5. The molecule has 1 heterocycles. The second-order valence-corrected chi connectivity index (χ2v) is 6.79. The minimum atomic E-state index is -0.433. The van der Waals surface area contributed by atoms with E-state index in [1.54, 1.807) is 0 Å². The Bertz CT molecular complexity index is 229. The second kappa shape index (κ2) is 10.6. The van der Waals surface area contributed by atoms with Crippen molar-refractivity contribution in [3.05, 3.63) is 0 Å². The summed E-state index contributed by atoms with van der Waals surface area (Å²) in [5.74, 6) is 0. The first-order chi connectivity index (χ1) is 9.66. The summed E-state index contributed by atoms with van der Waals surface area (Å²) in [6.45, 7) is 5.07. The summed E-state index contributed by atoms with van der Waals surface area (Å²) in [5, 5.41) is 10.5. The Hall–Kier alpha value is -0.0800. The molecule has 0 spiro atoms. The third kappa shape index (κ3) is 8.26. The lowest BCUT2D eigenvalue weighted by atomic mass is 9.86. The Labute approximate surface area is 126 Å². The molecule has 2 nitrogen and oxygen atoms in total. The van der Waals surface area contributed by atoms with Crippen LogP contribution in [0.5, 0.6) is 0 Å². The molecule has 0 amide bonds. The summed E-state index contributed by atoms with van der Waals surface area (Å²) in [6, 6.07) is 0. The number of rotatable bonds is 11. The molecule has 1 saturated heterocycles. The molecule has 2 heteroatoms. The van der Waals surface area contributed by atoms with E-state index in [0.717, 1.165) is 25.9 Å². The second-order valence-electron chi connectivity index (χ2n) is 6.79. The molecule has 20 heavy (non-hydrogen) atoms. The lowest BCUT2D eigenvalue weighted by Crippen LogP contribution is -2.39. The van der Waals surface area contributed by atoms with E-state index in [1.807, 2.05) is 0 Å². The number of hydrogen-bond donors (Lipinski definition) is 1. The number of aliphatic hydroxyl groups is 1. The highest BCUT2D eigenvalue weighted by atomic mass is 16.5. The average Bonchev–Trinajstić information content (AvgIpc) is 2.40. The van der Waals surface area contributed by atoms with E-state index in [-0.39, 0.29) is 6.10 Å². The van der Waals surface area contributed by atoms with Crippen LogP contribution in [-0.4, -0.2) is 23.4 Å². The number of ether oxygens (including phenoxy) is 1. The quantitative estimate of drug-likeness (QED) is 0.527. The molecule has 0 saturated carbocycles. The topological polar surface area (TPSA) is 29.5 Å². The van der Waals surface area contributed by atoms with Crippen LogP contribution >= 0.6 is 0 Å². The monoisotopic (exact) mass is 284 g/mol. The summed E-state index contributed by atoms with van der Waals surface area (Å²) < 4.78 is 5.51. The van der Waals surface area contributed by atoms with Gasteiger partial charge in [-0.1, -0.05) is 71.1 Å². The summed E-state index contributed by atoms with van der Waals surface area (Å²) >= 11 is 0. The molecule has 1 fully saturated rings. The van der Waals surface area contributed by atoms with Crippen LogP contribution in [0.25, 0.3) is 0 Å². The van der Waals surface area contributed by atoms with Crippen molar-refractivity contribution >= 4 is 0 Å². The van der Waals surface area contributed by atoms with Gasteiger partial charge in [-0.2, -0.15) is 0 Å². The molecule has 0 aromatic carbocycles. The van der Waals surface area contributed by atoms with E-state index < -0.39 is 5.60 Å². The summed E-state index contributed by atoms with van der Waals surface area (Å²) in [6.07, 6.45) is 16.4. The Kier molecular flexibility index (Phi) is 9.54. The molecule has 1 aliphatic rings. The third-order valence-electron chi connectivity index (χ3n) is 4.63. The van der Waals surface area contributed by atoms with E-state index in [4.69, 9.17) is 4.74 Å². The van der Waals surface area contributed by atoms with Crippen molar-refractivity contribution < 1.29 is 9.84 Å². The van der Waals surface area contributed by atoms with Crippen LogP contribution < -0.4 is 0 Å². The molecule has 0 bridgehead atoms. The summed E-state index contributed by atoms with van der Waals surface area (Å²) in [5.41, 5.74) is -0.433. The van der Waals surface area contributed by atoms with Gasteiger partial charge in [0.2, 0.25) is 0 Å². The molecule has 0 aromatic heterocycles. The molecule has 0 radical (unpaired) electrons. The predicted molar refractivity (Wildman–Crippen MR) is 86.1 cm³/mol. The van der Waals surface area contributed by atoms with Crippen LogP contribution in [0.3, 0.4) is 0 Å². The van der Waals surface area contributed by atoms with Gasteiger partial charge in [0, 0.05) is 13.0 Å². The minimum absolute atomic E-state index is 0.233. The maximum absolute atomic E-state index is 10.5. The van der Waals surface area contributed by atoms with Gasteiger partial charge >= 0.3 is 0 Å². The fourth-order valence-electron chi connectivity index (χ4n) is 3.31. The molecule has 1 N–H and O–H groups in total. The zero-order valence-electron chi connectivity index (χ0n) is 13.8. The van der Waals surface area contributed by atoms with Crippen LogP contribution in [0, 0.1) is 0 Å². The van der Waals surface area contributed by atoms with Crippen molar-refractivity contribution in [1.82, 2.24) is 0 Å². The normalized spacial score (nSPS) is 26.9. The highest BCUT2D eigenvalue weighted by Crippen LogP contribution is 2.29. The smallest absolute Gasteiger partial charge is 0.0694 e. The first-order valence-electron chi connectivity index (χ1n) is 9.00. The van der Waals surface area contributed by atoms with Crippen LogP contribution in [0.15, 0.2) is 0 Å². The van der Waals surface area contributed by atoms with Gasteiger partial charge in [0.05, 0.1) is 11.7 Å². The third-order valence-corrected chi connectivity index (χ3v) is 4.63. The summed E-state index contributed by atoms with van der Waals surface area (Å²) in [7, 11) is 0. The average molecular weight is 284 g/mol. The van der Waals surface area contributed by atoms with E-state index >= 15 is 0 Å². The SMILES string of the molecule is CCCCCCCCCCCCC1(O)CCOC(C)C1. The van der Waals surface area contributed by atoms with E-state index in [1.165, 1.54) is 64.2 Å². The standard InChI is InChI=1S/C18H36O2/c1-3-4-5-6-7-8-9-10-11-12-13-18(19)14-15-20-17(2)16-18/h17,19H,3-16H2,1-2H3. The van der Waals surface area contributed by atoms with E-state index in [2.05, 4.69) is 13.8 Å². The molecule has 2 atom stereocenters. The van der Waals surface area contributed by atoms with Crippen molar-refractivity contribution in [2.45, 2.75) is 109 Å². The molecule has 1 aliphatic heterocycles. The highest BCUT2D eigenvalue weighted by Gasteiger charge is 2.32. The lowest BCUT2D eigenvalue weighted by Gasteiger charge is -2.35. The van der Waals surface area contributed by atoms with E-state index in [0.29, 0.717) is 0 Å². The fraction of sp³-hybridized carbons (Fsp3) is 1.00. The summed E-state index contributed by atoms with van der Waals surface area (Å²) in [4.78, 5) is 0. The van der Waals surface area contributed by atoms with Crippen LogP contribution in [0.4, 0.5) is 0 Å². The van der Waals surface area contributed by atoms with Crippen molar-refractivity contribution in [2.75, 3.05) is 6.61 Å². The molecule has 2 unspecified atom stereocenters. The number of unbranched alkanes of at least 4 members (excludes halogenated alkanes) is 9. The van der Waals surface area contributed by atoms with Gasteiger partial charge in [-0.15, -0.1) is 0 Å². The highest BCUT2D eigenvalue weighted by molar-refractivity contribution is 4.84. The Morgan fingerprint density at radius 1 is 0.950 bits per heavy atom. The van der Waals surface area contributed by atoms with Crippen molar-refractivity contribution in [3.63, 3.8) is 0 Å². The van der Waals surface area contributed by atoms with Crippen LogP contribution in [0.2, 0.25) is 0 Å². The fourth-order valence-corrected chi connectivity index (χ4v) is 3.31. The minimum Gasteiger partial charge on any atom is -0.390 e. The van der Waals surface area contributed by atoms with Gasteiger partial charge in [0.25, 0.3) is 0 Å². The largest absolute Gasteiger partial charge is 0.390 e. The van der Waals surface area contributed by atoms with Crippen LogP contribution in [0.1, 0.15) is 97.3 Å². The first kappa shape index (κ1) is 18.0. The molecule has 0 aromatic rings. The van der Waals surface area contributed by atoms with Gasteiger partial charge in [-0.05, 0) is 19.8 Å². The first-order valence-corrected chi connectivity index (χ1v) is 9.00.